The normalized spacial score (nSPS) is 17.8. The smallest absolute Gasteiger partial charge is 0.335 e. The molecule has 0 saturated carbocycles. The van der Waals surface area contributed by atoms with Gasteiger partial charge in [0.25, 0.3) is 0 Å². The lowest BCUT2D eigenvalue weighted by Gasteiger charge is -2.17. The number of hydrogen-bond acceptors (Lipinski definition) is 3. The SMILES string of the molecule is O=C(O)c1cc(Cl)cc(NC(=O)N2CCC(CCO)C2)c1. The Morgan fingerprint density at radius 1 is 1.38 bits per heavy atom. The van der Waals surface area contributed by atoms with Crippen molar-refractivity contribution in [1.82, 2.24) is 4.90 Å². The van der Waals surface area contributed by atoms with Crippen molar-refractivity contribution in [3.63, 3.8) is 0 Å². The Hall–Kier alpha value is -1.79. The van der Waals surface area contributed by atoms with E-state index in [1.54, 1.807) is 4.90 Å². The van der Waals surface area contributed by atoms with Gasteiger partial charge in [-0.3, -0.25) is 0 Å². The molecule has 1 aliphatic rings. The Kier molecular flexibility index (Phi) is 5.03. The standard InChI is InChI=1S/C14H17ClN2O4/c15-11-5-10(13(19)20)6-12(7-11)16-14(21)17-3-1-9(8-17)2-4-18/h5-7,9,18H,1-4,8H2,(H,16,21)(H,19,20). The number of likely N-dealkylation sites (tertiary alicyclic amines) is 1. The number of carboxylic acids is 1. The largest absolute Gasteiger partial charge is 0.478 e. The first-order valence-electron chi connectivity index (χ1n) is 6.70. The third kappa shape index (κ3) is 4.09. The van der Waals surface area contributed by atoms with Gasteiger partial charge in [0.2, 0.25) is 0 Å². The topological polar surface area (TPSA) is 89.9 Å². The monoisotopic (exact) mass is 312 g/mol. The summed E-state index contributed by atoms with van der Waals surface area (Å²) in [6.45, 7) is 1.35. The molecule has 114 valence electrons. The second-order valence-corrected chi connectivity index (χ2v) is 5.51. The Bertz CT molecular complexity index is 550. The van der Waals surface area contributed by atoms with E-state index in [1.807, 2.05) is 0 Å². The van der Waals surface area contributed by atoms with Gasteiger partial charge in [0.1, 0.15) is 0 Å². The van der Waals surface area contributed by atoms with E-state index in [4.69, 9.17) is 21.8 Å². The number of anilines is 1. The molecular formula is C14H17ClN2O4. The Morgan fingerprint density at radius 3 is 2.81 bits per heavy atom. The lowest BCUT2D eigenvalue weighted by molar-refractivity contribution is 0.0697. The van der Waals surface area contributed by atoms with Crippen molar-refractivity contribution < 1.29 is 19.8 Å². The van der Waals surface area contributed by atoms with Crippen LogP contribution in [0, 0.1) is 5.92 Å². The van der Waals surface area contributed by atoms with Crippen molar-refractivity contribution in [1.29, 1.82) is 0 Å². The maximum Gasteiger partial charge on any atom is 0.335 e. The predicted octanol–water partition coefficient (Wildman–Crippen LogP) is 2.27. The van der Waals surface area contributed by atoms with Gasteiger partial charge in [0.05, 0.1) is 5.56 Å². The minimum Gasteiger partial charge on any atom is -0.478 e. The molecule has 1 atom stereocenters. The van der Waals surface area contributed by atoms with Crippen LogP contribution in [-0.2, 0) is 0 Å². The third-order valence-electron chi connectivity index (χ3n) is 3.51. The van der Waals surface area contributed by atoms with Crippen LogP contribution in [0.15, 0.2) is 18.2 Å². The molecule has 1 heterocycles. The van der Waals surface area contributed by atoms with Crippen molar-refractivity contribution >= 4 is 29.3 Å². The lowest BCUT2D eigenvalue weighted by Crippen LogP contribution is -2.33. The number of rotatable bonds is 4. The van der Waals surface area contributed by atoms with Crippen molar-refractivity contribution in [2.24, 2.45) is 5.92 Å². The maximum atomic E-state index is 12.1. The summed E-state index contributed by atoms with van der Waals surface area (Å²) < 4.78 is 0. The number of carbonyl (C=O) groups excluding carboxylic acids is 1. The third-order valence-corrected chi connectivity index (χ3v) is 3.72. The van der Waals surface area contributed by atoms with Crippen molar-refractivity contribution in [3.8, 4) is 0 Å². The summed E-state index contributed by atoms with van der Waals surface area (Å²) in [5, 5.41) is 20.8. The number of carbonyl (C=O) groups is 2. The highest BCUT2D eigenvalue weighted by atomic mass is 35.5. The quantitative estimate of drug-likeness (QED) is 0.795. The van der Waals surface area contributed by atoms with Crippen LogP contribution in [0.1, 0.15) is 23.2 Å². The van der Waals surface area contributed by atoms with Crippen molar-refractivity contribution in [2.45, 2.75) is 12.8 Å². The number of nitrogens with zero attached hydrogens (tertiary/aromatic N) is 1. The van der Waals surface area contributed by atoms with Gasteiger partial charge in [-0.05, 0) is 37.0 Å². The lowest BCUT2D eigenvalue weighted by atomic mass is 10.1. The van der Waals surface area contributed by atoms with Gasteiger partial charge in [-0.25, -0.2) is 9.59 Å². The number of amides is 2. The number of halogens is 1. The van der Waals surface area contributed by atoms with Crippen LogP contribution in [-0.4, -0.2) is 46.8 Å². The van der Waals surface area contributed by atoms with E-state index in [0.717, 1.165) is 6.42 Å². The van der Waals surface area contributed by atoms with Gasteiger partial charge in [0.15, 0.2) is 0 Å². The predicted molar refractivity (Wildman–Crippen MR) is 78.8 cm³/mol. The minimum absolute atomic E-state index is 0.0254. The molecule has 21 heavy (non-hydrogen) atoms. The first kappa shape index (κ1) is 15.6. The van der Waals surface area contributed by atoms with E-state index in [-0.39, 0.29) is 23.2 Å². The van der Waals surface area contributed by atoms with Crippen molar-refractivity contribution in [3.05, 3.63) is 28.8 Å². The Morgan fingerprint density at radius 2 is 2.14 bits per heavy atom. The van der Waals surface area contributed by atoms with Gasteiger partial charge in [-0.2, -0.15) is 0 Å². The fourth-order valence-electron chi connectivity index (χ4n) is 2.42. The van der Waals surface area contributed by atoms with E-state index in [9.17, 15) is 9.59 Å². The van der Waals surface area contributed by atoms with Crippen LogP contribution in [0.4, 0.5) is 10.5 Å². The summed E-state index contributed by atoms with van der Waals surface area (Å²) in [5.74, 6) is -0.785. The molecule has 3 N–H and O–H groups in total. The van der Waals surface area contributed by atoms with E-state index in [1.165, 1.54) is 18.2 Å². The number of aliphatic hydroxyl groups excluding tert-OH is 1. The fourth-order valence-corrected chi connectivity index (χ4v) is 2.66. The first-order chi connectivity index (χ1) is 9.99. The van der Waals surface area contributed by atoms with E-state index in [2.05, 4.69) is 5.32 Å². The molecule has 7 heteroatoms. The summed E-state index contributed by atoms with van der Waals surface area (Å²) in [6.07, 6.45) is 1.55. The zero-order valence-corrected chi connectivity index (χ0v) is 12.1. The van der Waals surface area contributed by atoms with Gasteiger partial charge in [0, 0.05) is 30.4 Å². The van der Waals surface area contributed by atoms with Crippen LogP contribution in [0.5, 0.6) is 0 Å². The highest BCUT2D eigenvalue weighted by Crippen LogP contribution is 2.22. The molecule has 1 aromatic carbocycles. The van der Waals surface area contributed by atoms with Gasteiger partial charge in [-0.15, -0.1) is 0 Å². The summed E-state index contributed by atoms with van der Waals surface area (Å²) in [7, 11) is 0. The second kappa shape index (κ2) is 6.78. The Balaban J connectivity index is 2.01. The van der Waals surface area contributed by atoms with E-state index >= 15 is 0 Å². The molecule has 1 aromatic rings. The molecule has 0 radical (unpaired) electrons. The van der Waals surface area contributed by atoms with E-state index < -0.39 is 5.97 Å². The molecule has 2 rings (SSSR count). The number of nitrogens with one attached hydrogen (secondary N) is 1. The van der Waals surface area contributed by atoms with Crippen LogP contribution in [0.2, 0.25) is 5.02 Å². The van der Waals surface area contributed by atoms with Gasteiger partial charge >= 0.3 is 12.0 Å². The number of urea groups is 1. The highest BCUT2D eigenvalue weighted by Gasteiger charge is 2.25. The number of benzene rings is 1. The molecule has 1 aliphatic heterocycles. The summed E-state index contributed by atoms with van der Waals surface area (Å²) >= 11 is 5.85. The average molecular weight is 313 g/mol. The molecule has 1 saturated heterocycles. The number of hydrogen-bond donors (Lipinski definition) is 3. The molecule has 1 unspecified atom stereocenters. The number of aliphatic hydroxyl groups is 1. The van der Waals surface area contributed by atoms with Crippen molar-refractivity contribution in [2.75, 3.05) is 25.0 Å². The molecule has 0 spiro atoms. The van der Waals surface area contributed by atoms with Gasteiger partial charge in [-0.1, -0.05) is 11.6 Å². The molecule has 0 bridgehead atoms. The summed E-state index contributed by atoms with van der Waals surface area (Å²) in [4.78, 5) is 24.7. The van der Waals surface area contributed by atoms with Crippen LogP contribution in [0.25, 0.3) is 0 Å². The van der Waals surface area contributed by atoms with Gasteiger partial charge < -0.3 is 20.4 Å². The van der Waals surface area contributed by atoms with Crippen LogP contribution in [0.3, 0.4) is 0 Å². The molecule has 0 aliphatic carbocycles. The zero-order chi connectivity index (χ0) is 15.4. The molecule has 6 nitrogen and oxygen atoms in total. The molecule has 1 fully saturated rings. The Labute approximate surface area is 127 Å². The number of carboxylic acid groups (broad SMARTS) is 1. The summed E-state index contributed by atoms with van der Waals surface area (Å²) in [6, 6.07) is 3.92. The zero-order valence-electron chi connectivity index (χ0n) is 11.4. The molecule has 0 aromatic heterocycles. The fraction of sp³-hybridized carbons (Fsp3) is 0.429. The summed E-state index contributed by atoms with van der Waals surface area (Å²) in [5.41, 5.74) is 0.382. The first-order valence-corrected chi connectivity index (χ1v) is 7.08. The number of aromatic carboxylic acids is 1. The highest BCUT2D eigenvalue weighted by molar-refractivity contribution is 6.31. The second-order valence-electron chi connectivity index (χ2n) is 5.08. The molecular weight excluding hydrogens is 296 g/mol. The maximum absolute atomic E-state index is 12.1. The minimum atomic E-state index is -1.10. The average Bonchev–Trinajstić information content (AvgIpc) is 2.87. The van der Waals surface area contributed by atoms with Crippen LogP contribution >= 0.6 is 11.6 Å². The van der Waals surface area contributed by atoms with Crippen LogP contribution < -0.4 is 5.32 Å². The van der Waals surface area contributed by atoms with E-state index in [0.29, 0.717) is 31.1 Å². The molecule has 2 amide bonds.